The van der Waals surface area contributed by atoms with Crippen LogP contribution in [0.3, 0.4) is 0 Å². The lowest BCUT2D eigenvalue weighted by molar-refractivity contribution is -0.0166. The van der Waals surface area contributed by atoms with Crippen LogP contribution in [0, 0.1) is 12.7 Å². The van der Waals surface area contributed by atoms with E-state index in [4.69, 9.17) is 9.47 Å². The zero-order valence-corrected chi connectivity index (χ0v) is 10.3. The van der Waals surface area contributed by atoms with Crippen molar-refractivity contribution in [2.45, 2.75) is 33.3 Å². The van der Waals surface area contributed by atoms with Crippen LogP contribution in [-0.2, 0) is 4.74 Å². The lowest BCUT2D eigenvalue weighted by atomic mass is 10.2. The van der Waals surface area contributed by atoms with E-state index in [1.165, 1.54) is 6.07 Å². The molecule has 0 fully saturated rings. The highest BCUT2D eigenvalue weighted by atomic mass is 19.1. The summed E-state index contributed by atoms with van der Waals surface area (Å²) < 4.78 is 24.1. The summed E-state index contributed by atoms with van der Waals surface area (Å²) in [6, 6.07) is 4.82. The highest BCUT2D eigenvalue weighted by Crippen LogP contribution is 2.18. The van der Waals surface area contributed by atoms with E-state index in [-0.39, 0.29) is 17.2 Å². The van der Waals surface area contributed by atoms with Gasteiger partial charge in [-0.3, -0.25) is 0 Å². The number of aryl methyl sites for hydroxylation is 1. The van der Waals surface area contributed by atoms with Crippen molar-refractivity contribution in [2.24, 2.45) is 0 Å². The Bertz CT molecular complexity index is 342. The lowest BCUT2D eigenvalue weighted by Gasteiger charge is -2.19. The van der Waals surface area contributed by atoms with Crippen LogP contribution in [0.1, 0.15) is 26.3 Å². The first kappa shape index (κ1) is 13.0. The van der Waals surface area contributed by atoms with E-state index in [0.29, 0.717) is 13.2 Å². The molecule has 0 unspecified atom stereocenters. The Kier molecular flexibility index (Phi) is 4.30. The van der Waals surface area contributed by atoms with Crippen molar-refractivity contribution < 1.29 is 13.9 Å². The van der Waals surface area contributed by atoms with Crippen LogP contribution < -0.4 is 4.74 Å². The second-order valence-electron chi connectivity index (χ2n) is 4.74. The van der Waals surface area contributed by atoms with Gasteiger partial charge in [-0.05, 0) is 45.4 Å². The quantitative estimate of drug-likeness (QED) is 0.733. The van der Waals surface area contributed by atoms with Gasteiger partial charge in [-0.15, -0.1) is 0 Å². The van der Waals surface area contributed by atoms with Crippen molar-refractivity contribution in [3.05, 3.63) is 29.6 Å². The maximum Gasteiger partial charge on any atom is 0.165 e. The summed E-state index contributed by atoms with van der Waals surface area (Å²) >= 11 is 0. The fourth-order valence-corrected chi connectivity index (χ4v) is 1.22. The molecule has 0 aliphatic heterocycles. The predicted octanol–water partition coefficient (Wildman–Crippen LogP) is 3.33. The molecule has 0 amide bonds. The molecule has 2 nitrogen and oxygen atoms in total. The molecule has 16 heavy (non-hydrogen) atoms. The van der Waals surface area contributed by atoms with Gasteiger partial charge in [-0.2, -0.15) is 0 Å². The lowest BCUT2D eigenvalue weighted by Crippen LogP contribution is -2.22. The smallest absolute Gasteiger partial charge is 0.165 e. The molecule has 0 spiro atoms. The van der Waals surface area contributed by atoms with E-state index in [9.17, 15) is 4.39 Å². The summed E-state index contributed by atoms with van der Waals surface area (Å²) in [5.74, 6) is -0.0427. The first-order chi connectivity index (χ1) is 7.38. The fourth-order valence-electron chi connectivity index (χ4n) is 1.22. The molecule has 0 saturated carbocycles. The summed E-state index contributed by atoms with van der Waals surface area (Å²) in [6.07, 6.45) is 0. The molecule has 0 aliphatic carbocycles. The third-order valence-electron chi connectivity index (χ3n) is 1.96. The number of hydrogen-bond acceptors (Lipinski definition) is 2. The van der Waals surface area contributed by atoms with Crippen LogP contribution in [0.5, 0.6) is 5.75 Å². The molecular formula is C13H19FO2. The summed E-state index contributed by atoms with van der Waals surface area (Å²) in [4.78, 5) is 0. The van der Waals surface area contributed by atoms with E-state index in [2.05, 4.69) is 0 Å². The van der Waals surface area contributed by atoms with Crippen molar-refractivity contribution in [2.75, 3.05) is 13.2 Å². The van der Waals surface area contributed by atoms with E-state index in [1.54, 1.807) is 12.1 Å². The largest absolute Gasteiger partial charge is 0.488 e. The van der Waals surface area contributed by atoms with E-state index in [1.807, 2.05) is 27.7 Å². The number of benzene rings is 1. The summed E-state index contributed by atoms with van der Waals surface area (Å²) in [7, 11) is 0. The molecule has 0 saturated heterocycles. The van der Waals surface area contributed by atoms with Gasteiger partial charge < -0.3 is 9.47 Å². The van der Waals surface area contributed by atoms with E-state index < -0.39 is 0 Å². The summed E-state index contributed by atoms with van der Waals surface area (Å²) in [5.41, 5.74) is 0.794. The molecule has 0 aromatic heterocycles. The first-order valence-electron chi connectivity index (χ1n) is 5.41. The maximum absolute atomic E-state index is 13.3. The molecule has 0 bridgehead atoms. The highest BCUT2D eigenvalue weighted by Gasteiger charge is 2.10. The average Bonchev–Trinajstić information content (AvgIpc) is 2.16. The van der Waals surface area contributed by atoms with Gasteiger partial charge in [0.15, 0.2) is 11.6 Å². The SMILES string of the molecule is Cc1ccc(F)c(OCCOC(C)(C)C)c1. The maximum atomic E-state index is 13.3. The molecule has 90 valence electrons. The molecule has 3 heteroatoms. The second kappa shape index (κ2) is 5.30. The first-order valence-corrected chi connectivity index (χ1v) is 5.41. The minimum atomic E-state index is -0.332. The van der Waals surface area contributed by atoms with Crippen LogP contribution in [0.2, 0.25) is 0 Å². The van der Waals surface area contributed by atoms with Crippen LogP contribution in [0.25, 0.3) is 0 Å². The molecule has 0 N–H and O–H groups in total. The normalized spacial score (nSPS) is 11.6. The topological polar surface area (TPSA) is 18.5 Å². The Hall–Kier alpha value is -1.09. The van der Waals surface area contributed by atoms with Gasteiger partial charge >= 0.3 is 0 Å². The molecule has 1 rings (SSSR count). The predicted molar refractivity (Wildman–Crippen MR) is 62.3 cm³/mol. The number of ether oxygens (including phenoxy) is 2. The third-order valence-corrected chi connectivity index (χ3v) is 1.96. The Morgan fingerprint density at radius 1 is 1.19 bits per heavy atom. The van der Waals surface area contributed by atoms with Crippen molar-refractivity contribution in [1.29, 1.82) is 0 Å². The molecule has 0 aliphatic rings. The Labute approximate surface area is 96.4 Å². The fraction of sp³-hybridized carbons (Fsp3) is 0.538. The second-order valence-corrected chi connectivity index (χ2v) is 4.74. The molecule has 0 atom stereocenters. The van der Waals surface area contributed by atoms with Gasteiger partial charge in [0.1, 0.15) is 6.61 Å². The Morgan fingerprint density at radius 3 is 2.50 bits per heavy atom. The minimum absolute atomic E-state index is 0.186. The number of halogens is 1. The zero-order valence-electron chi connectivity index (χ0n) is 10.3. The van der Waals surface area contributed by atoms with Crippen LogP contribution >= 0.6 is 0 Å². The molecular weight excluding hydrogens is 207 g/mol. The summed E-state index contributed by atoms with van der Waals surface area (Å²) in [5, 5.41) is 0. The zero-order chi connectivity index (χ0) is 12.2. The van der Waals surface area contributed by atoms with Crippen LogP contribution in [0.15, 0.2) is 18.2 Å². The van der Waals surface area contributed by atoms with Gasteiger partial charge in [0.2, 0.25) is 0 Å². The standard InChI is InChI=1S/C13H19FO2/c1-10-5-6-11(14)12(9-10)15-7-8-16-13(2,3)4/h5-6,9H,7-8H2,1-4H3. The summed E-state index contributed by atoms with van der Waals surface area (Å²) in [6.45, 7) is 8.63. The van der Waals surface area contributed by atoms with Crippen molar-refractivity contribution in [3.63, 3.8) is 0 Å². The average molecular weight is 226 g/mol. The number of hydrogen-bond donors (Lipinski definition) is 0. The highest BCUT2D eigenvalue weighted by molar-refractivity contribution is 5.29. The monoisotopic (exact) mass is 226 g/mol. The van der Waals surface area contributed by atoms with Crippen molar-refractivity contribution in [1.82, 2.24) is 0 Å². The van der Waals surface area contributed by atoms with Gasteiger partial charge in [0.25, 0.3) is 0 Å². The van der Waals surface area contributed by atoms with E-state index >= 15 is 0 Å². The molecule has 0 radical (unpaired) electrons. The number of rotatable bonds is 4. The van der Waals surface area contributed by atoms with Gasteiger partial charge in [0, 0.05) is 0 Å². The third kappa shape index (κ3) is 4.62. The minimum Gasteiger partial charge on any atom is -0.488 e. The Balaban J connectivity index is 2.40. The van der Waals surface area contributed by atoms with Gasteiger partial charge in [-0.1, -0.05) is 6.07 Å². The van der Waals surface area contributed by atoms with Gasteiger partial charge in [-0.25, -0.2) is 4.39 Å². The molecule has 0 heterocycles. The molecule has 1 aromatic carbocycles. The Morgan fingerprint density at radius 2 is 1.88 bits per heavy atom. The van der Waals surface area contributed by atoms with Crippen molar-refractivity contribution in [3.8, 4) is 5.75 Å². The van der Waals surface area contributed by atoms with Crippen LogP contribution in [-0.4, -0.2) is 18.8 Å². The van der Waals surface area contributed by atoms with E-state index in [0.717, 1.165) is 5.56 Å². The van der Waals surface area contributed by atoms with Gasteiger partial charge in [0.05, 0.1) is 12.2 Å². The molecule has 1 aromatic rings. The van der Waals surface area contributed by atoms with Crippen molar-refractivity contribution >= 4 is 0 Å². The van der Waals surface area contributed by atoms with Crippen LogP contribution in [0.4, 0.5) is 4.39 Å².